The molecule has 2 bridgehead atoms. The van der Waals surface area contributed by atoms with Crippen molar-refractivity contribution in [2.24, 2.45) is 0 Å². The minimum absolute atomic E-state index is 0.541. The van der Waals surface area contributed by atoms with E-state index < -0.39 is 36.1 Å². The van der Waals surface area contributed by atoms with E-state index in [4.69, 9.17) is 9.47 Å². The maximum atomic E-state index is 11.9. The number of hydrogen-bond acceptors (Lipinski definition) is 5. The quantitative estimate of drug-likeness (QED) is 0.736. The van der Waals surface area contributed by atoms with E-state index in [1.54, 1.807) is 32.9 Å². The van der Waals surface area contributed by atoms with Crippen molar-refractivity contribution in [2.45, 2.75) is 50.8 Å². The number of amides is 1. The number of fused-ring (bicyclic) bond motifs is 5. The number of anilines is 1. The van der Waals surface area contributed by atoms with Crippen molar-refractivity contribution in [3.8, 4) is 0 Å². The van der Waals surface area contributed by atoms with E-state index >= 15 is 0 Å². The molecule has 4 unspecified atom stereocenters. The standard InChI is InChI=1S/C15H19NO5/c1-15(2,3)21-14(19)16-8-6-4-5-7-9(8)13-11(18)10(17)12(7)20-13/h4-6,10-13,17-18H,1-3H3,(H,16,19). The van der Waals surface area contributed by atoms with Gasteiger partial charge in [0.1, 0.15) is 30.0 Å². The van der Waals surface area contributed by atoms with Crippen molar-refractivity contribution in [3.05, 3.63) is 29.3 Å². The van der Waals surface area contributed by atoms with E-state index in [9.17, 15) is 15.0 Å². The highest BCUT2D eigenvalue weighted by atomic mass is 16.6. The van der Waals surface area contributed by atoms with E-state index in [-0.39, 0.29) is 0 Å². The minimum Gasteiger partial charge on any atom is -0.444 e. The Balaban J connectivity index is 1.87. The van der Waals surface area contributed by atoms with Gasteiger partial charge in [-0.1, -0.05) is 12.1 Å². The molecule has 0 saturated carbocycles. The highest BCUT2D eigenvalue weighted by Gasteiger charge is 2.52. The highest BCUT2D eigenvalue weighted by molar-refractivity contribution is 5.86. The second-order valence-corrected chi connectivity index (χ2v) is 6.39. The van der Waals surface area contributed by atoms with Gasteiger partial charge in [-0.25, -0.2) is 4.79 Å². The Bertz CT molecular complexity index is 580. The van der Waals surface area contributed by atoms with Crippen molar-refractivity contribution in [2.75, 3.05) is 5.32 Å². The number of ether oxygens (including phenoxy) is 2. The summed E-state index contributed by atoms with van der Waals surface area (Å²) in [7, 11) is 0. The Kier molecular flexibility index (Phi) is 3.20. The summed E-state index contributed by atoms with van der Waals surface area (Å²) < 4.78 is 10.8. The van der Waals surface area contributed by atoms with E-state index in [0.717, 1.165) is 5.56 Å². The van der Waals surface area contributed by atoms with Gasteiger partial charge >= 0.3 is 6.09 Å². The number of hydrogen-bond donors (Lipinski definition) is 3. The molecule has 2 aliphatic rings. The lowest BCUT2D eigenvalue weighted by Crippen LogP contribution is -2.32. The van der Waals surface area contributed by atoms with E-state index in [0.29, 0.717) is 11.3 Å². The lowest BCUT2D eigenvalue weighted by molar-refractivity contribution is 0.0218. The molecule has 1 amide bonds. The van der Waals surface area contributed by atoms with Gasteiger partial charge in [-0.05, 0) is 32.4 Å². The fraction of sp³-hybridized carbons (Fsp3) is 0.533. The molecule has 0 aromatic heterocycles. The van der Waals surface area contributed by atoms with Gasteiger partial charge in [-0.3, -0.25) is 5.32 Å². The Morgan fingerprint density at radius 1 is 1.24 bits per heavy atom. The van der Waals surface area contributed by atoms with Gasteiger partial charge in [0.25, 0.3) is 0 Å². The first kappa shape index (κ1) is 14.3. The second kappa shape index (κ2) is 4.69. The summed E-state index contributed by atoms with van der Waals surface area (Å²) >= 11 is 0. The van der Waals surface area contributed by atoms with Gasteiger partial charge in [0.05, 0.1) is 5.69 Å². The third kappa shape index (κ3) is 2.39. The Morgan fingerprint density at radius 2 is 1.90 bits per heavy atom. The molecule has 0 radical (unpaired) electrons. The van der Waals surface area contributed by atoms with Crippen molar-refractivity contribution in [1.82, 2.24) is 0 Å². The Morgan fingerprint density at radius 3 is 2.57 bits per heavy atom. The largest absolute Gasteiger partial charge is 0.444 e. The van der Waals surface area contributed by atoms with Crippen LogP contribution in [0.25, 0.3) is 0 Å². The van der Waals surface area contributed by atoms with Gasteiger partial charge in [0.15, 0.2) is 0 Å². The molecule has 1 aromatic carbocycles. The first-order valence-corrected chi connectivity index (χ1v) is 6.92. The highest BCUT2D eigenvalue weighted by Crippen LogP contribution is 2.53. The third-order valence-corrected chi connectivity index (χ3v) is 3.63. The first-order valence-electron chi connectivity index (χ1n) is 6.92. The van der Waals surface area contributed by atoms with Crippen molar-refractivity contribution >= 4 is 11.8 Å². The number of carbonyl (C=O) groups excluding carboxylic acids is 1. The van der Waals surface area contributed by atoms with Crippen LogP contribution in [0.2, 0.25) is 0 Å². The smallest absolute Gasteiger partial charge is 0.412 e. The monoisotopic (exact) mass is 293 g/mol. The van der Waals surface area contributed by atoms with Gasteiger partial charge in [0.2, 0.25) is 0 Å². The molecule has 0 aliphatic carbocycles. The summed E-state index contributed by atoms with van der Waals surface area (Å²) in [5.41, 5.74) is 1.46. The molecule has 0 spiro atoms. The van der Waals surface area contributed by atoms with Crippen LogP contribution in [0, 0.1) is 0 Å². The molecular formula is C15H19NO5. The van der Waals surface area contributed by atoms with Crippen LogP contribution in [0.15, 0.2) is 18.2 Å². The van der Waals surface area contributed by atoms with Crippen LogP contribution in [0.3, 0.4) is 0 Å². The van der Waals surface area contributed by atoms with Gasteiger partial charge in [-0.2, -0.15) is 0 Å². The maximum absolute atomic E-state index is 11.9. The van der Waals surface area contributed by atoms with Crippen molar-refractivity contribution < 1.29 is 24.5 Å². The predicted octanol–water partition coefficient (Wildman–Crippen LogP) is 1.88. The molecule has 6 nitrogen and oxygen atoms in total. The summed E-state index contributed by atoms with van der Waals surface area (Å²) in [5.74, 6) is 0. The summed E-state index contributed by atoms with van der Waals surface area (Å²) in [4.78, 5) is 11.9. The molecule has 1 fully saturated rings. The lowest BCUT2D eigenvalue weighted by Gasteiger charge is -2.25. The van der Waals surface area contributed by atoms with Gasteiger partial charge in [0, 0.05) is 5.56 Å². The molecule has 2 heterocycles. The van der Waals surface area contributed by atoms with Crippen molar-refractivity contribution in [3.63, 3.8) is 0 Å². The number of aliphatic hydroxyl groups is 2. The normalized spacial score (nSPS) is 30.1. The second-order valence-electron chi connectivity index (χ2n) is 6.39. The Hall–Kier alpha value is -1.63. The molecule has 2 aliphatic heterocycles. The molecule has 3 N–H and O–H groups in total. The average Bonchev–Trinajstić information content (AvgIpc) is 2.86. The average molecular weight is 293 g/mol. The number of carbonyl (C=O) groups is 1. The van der Waals surface area contributed by atoms with Crippen LogP contribution < -0.4 is 5.32 Å². The number of benzene rings is 1. The Labute approximate surface area is 122 Å². The lowest BCUT2D eigenvalue weighted by atomic mass is 9.87. The van der Waals surface area contributed by atoms with E-state index in [2.05, 4.69) is 5.32 Å². The first-order chi connectivity index (χ1) is 9.78. The zero-order valence-corrected chi connectivity index (χ0v) is 12.2. The summed E-state index contributed by atoms with van der Waals surface area (Å²) in [5, 5.41) is 22.5. The van der Waals surface area contributed by atoms with Crippen LogP contribution in [0.5, 0.6) is 0 Å². The number of rotatable bonds is 1. The number of aliphatic hydroxyl groups excluding tert-OH is 2. The van der Waals surface area contributed by atoms with Crippen LogP contribution >= 0.6 is 0 Å². The number of nitrogens with one attached hydrogen (secondary N) is 1. The fourth-order valence-electron chi connectivity index (χ4n) is 2.84. The summed E-state index contributed by atoms with van der Waals surface area (Å²) in [6.45, 7) is 5.35. The summed E-state index contributed by atoms with van der Waals surface area (Å²) in [6, 6.07) is 5.33. The predicted molar refractivity (Wildman–Crippen MR) is 74.9 cm³/mol. The van der Waals surface area contributed by atoms with Crippen LogP contribution in [-0.2, 0) is 9.47 Å². The molecule has 6 heteroatoms. The van der Waals surface area contributed by atoms with Gasteiger partial charge < -0.3 is 19.7 Å². The minimum atomic E-state index is -0.982. The van der Waals surface area contributed by atoms with E-state index in [1.165, 1.54) is 0 Å². The maximum Gasteiger partial charge on any atom is 0.412 e. The van der Waals surface area contributed by atoms with Gasteiger partial charge in [-0.15, -0.1) is 0 Å². The van der Waals surface area contributed by atoms with Crippen LogP contribution in [-0.4, -0.2) is 34.1 Å². The van der Waals surface area contributed by atoms with E-state index in [1.807, 2.05) is 6.07 Å². The zero-order valence-electron chi connectivity index (χ0n) is 12.2. The van der Waals surface area contributed by atoms with Crippen LogP contribution in [0.4, 0.5) is 10.5 Å². The molecule has 1 saturated heterocycles. The fourth-order valence-corrected chi connectivity index (χ4v) is 2.84. The molecule has 21 heavy (non-hydrogen) atoms. The summed E-state index contributed by atoms with van der Waals surface area (Å²) in [6.07, 6.45) is -3.64. The molecule has 114 valence electrons. The van der Waals surface area contributed by atoms with Crippen LogP contribution in [0.1, 0.15) is 44.1 Å². The van der Waals surface area contributed by atoms with Crippen molar-refractivity contribution in [1.29, 1.82) is 0 Å². The molecule has 4 atom stereocenters. The molecule has 1 aromatic rings. The molecular weight excluding hydrogens is 274 g/mol. The zero-order chi connectivity index (χ0) is 15.4. The topological polar surface area (TPSA) is 88.0 Å². The molecule has 3 rings (SSSR count). The third-order valence-electron chi connectivity index (χ3n) is 3.63. The SMILES string of the molecule is CC(C)(C)OC(=O)Nc1cccc2c1C1OC2C(O)C1O.